The van der Waals surface area contributed by atoms with Crippen molar-refractivity contribution in [3.05, 3.63) is 34.3 Å². The van der Waals surface area contributed by atoms with Crippen molar-refractivity contribution in [1.82, 2.24) is 0 Å². The lowest BCUT2D eigenvalue weighted by molar-refractivity contribution is -0.142. The van der Waals surface area contributed by atoms with Gasteiger partial charge in [-0.2, -0.15) is 0 Å². The monoisotopic (exact) mass is 296 g/mol. The Morgan fingerprint density at radius 2 is 1.71 bits per heavy atom. The molecule has 1 aliphatic rings. The summed E-state index contributed by atoms with van der Waals surface area (Å²) in [6, 6.07) is 7.09. The lowest BCUT2D eigenvalue weighted by atomic mass is 9.88. The molecule has 2 rings (SSSR count). The van der Waals surface area contributed by atoms with Gasteiger partial charge in [0.1, 0.15) is 0 Å². The van der Waals surface area contributed by atoms with E-state index in [4.69, 9.17) is 5.11 Å². The van der Waals surface area contributed by atoms with E-state index in [0.29, 0.717) is 18.4 Å². The first-order chi connectivity index (χ1) is 8.09. The molecular formula is C13H13BrO3. The number of hydrogen-bond acceptors (Lipinski definition) is 2. The van der Waals surface area contributed by atoms with Gasteiger partial charge >= 0.3 is 5.97 Å². The molecular weight excluding hydrogens is 284 g/mol. The molecule has 90 valence electrons. The van der Waals surface area contributed by atoms with Crippen molar-refractivity contribution in [2.75, 3.05) is 0 Å². The van der Waals surface area contributed by atoms with Crippen LogP contribution >= 0.6 is 15.9 Å². The van der Waals surface area contributed by atoms with Crippen LogP contribution in [-0.4, -0.2) is 16.9 Å². The maximum atomic E-state index is 12.2. The average Bonchev–Trinajstić information content (AvgIpc) is 2.78. The minimum Gasteiger partial charge on any atom is -0.481 e. The van der Waals surface area contributed by atoms with Gasteiger partial charge in [-0.3, -0.25) is 9.59 Å². The van der Waals surface area contributed by atoms with E-state index < -0.39 is 11.9 Å². The van der Waals surface area contributed by atoms with Crippen LogP contribution in [0.4, 0.5) is 0 Å². The molecule has 0 bridgehead atoms. The number of ketones is 1. The van der Waals surface area contributed by atoms with Gasteiger partial charge in [0.25, 0.3) is 0 Å². The molecule has 0 spiro atoms. The third kappa shape index (κ3) is 2.57. The number of hydrogen-bond donors (Lipinski definition) is 1. The fourth-order valence-corrected chi connectivity index (χ4v) is 2.66. The number of carbonyl (C=O) groups excluding carboxylic acids is 1. The summed E-state index contributed by atoms with van der Waals surface area (Å²) in [7, 11) is 0. The first-order valence-corrected chi connectivity index (χ1v) is 6.41. The molecule has 1 N–H and O–H groups in total. The van der Waals surface area contributed by atoms with Crippen LogP contribution < -0.4 is 0 Å². The second-order valence-electron chi connectivity index (χ2n) is 4.35. The highest BCUT2D eigenvalue weighted by Gasteiger charge is 2.37. The summed E-state index contributed by atoms with van der Waals surface area (Å²) >= 11 is 3.31. The predicted molar refractivity (Wildman–Crippen MR) is 66.9 cm³/mol. The summed E-state index contributed by atoms with van der Waals surface area (Å²) < 4.78 is 0.912. The average molecular weight is 297 g/mol. The van der Waals surface area contributed by atoms with Crippen molar-refractivity contribution in [1.29, 1.82) is 0 Å². The molecule has 0 aliphatic heterocycles. The summed E-state index contributed by atoms with van der Waals surface area (Å²) in [6.45, 7) is 0. The largest absolute Gasteiger partial charge is 0.481 e. The van der Waals surface area contributed by atoms with E-state index in [1.165, 1.54) is 0 Å². The van der Waals surface area contributed by atoms with E-state index in [0.717, 1.165) is 10.9 Å². The van der Waals surface area contributed by atoms with E-state index in [-0.39, 0.29) is 11.7 Å². The zero-order valence-corrected chi connectivity index (χ0v) is 10.8. The molecule has 1 aromatic rings. The second-order valence-corrected chi connectivity index (χ2v) is 5.27. The quantitative estimate of drug-likeness (QED) is 0.872. The highest BCUT2D eigenvalue weighted by molar-refractivity contribution is 9.10. The Bertz CT molecular complexity index is 438. The van der Waals surface area contributed by atoms with Crippen LogP contribution in [0.2, 0.25) is 0 Å². The number of benzene rings is 1. The fraction of sp³-hybridized carbons (Fsp3) is 0.385. The topological polar surface area (TPSA) is 54.4 Å². The highest BCUT2D eigenvalue weighted by Crippen LogP contribution is 2.34. The van der Waals surface area contributed by atoms with Gasteiger partial charge in [0.15, 0.2) is 5.78 Å². The van der Waals surface area contributed by atoms with Crippen LogP contribution in [0.25, 0.3) is 0 Å². The number of halogens is 1. The number of Topliss-reactive ketones (excluding diaryl/α,β-unsaturated/α-hetero) is 1. The van der Waals surface area contributed by atoms with Crippen molar-refractivity contribution in [3.63, 3.8) is 0 Å². The van der Waals surface area contributed by atoms with Crippen LogP contribution in [0.5, 0.6) is 0 Å². The van der Waals surface area contributed by atoms with Crippen molar-refractivity contribution in [2.45, 2.75) is 19.3 Å². The Hall–Kier alpha value is -1.16. The molecule has 0 aromatic heterocycles. The van der Waals surface area contributed by atoms with Crippen molar-refractivity contribution >= 4 is 27.7 Å². The van der Waals surface area contributed by atoms with Crippen LogP contribution in [0.15, 0.2) is 28.7 Å². The zero-order chi connectivity index (χ0) is 12.4. The molecule has 0 amide bonds. The maximum Gasteiger partial charge on any atom is 0.307 e. The normalized spacial score (nSPS) is 23.6. The summed E-state index contributed by atoms with van der Waals surface area (Å²) in [5.74, 6) is -1.75. The van der Waals surface area contributed by atoms with Crippen LogP contribution in [0, 0.1) is 11.8 Å². The Labute approximate surface area is 108 Å². The minimum absolute atomic E-state index is 0.0394. The molecule has 17 heavy (non-hydrogen) atoms. The molecule has 0 radical (unpaired) electrons. The third-order valence-electron chi connectivity index (χ3n) is 3.30. The number of rotatable bonds is 3. The Morgan fingerprint density at radius 3 is 2.29 bits per heavy atom. The predicted octanol–water partition coefficient (Wildman–Crippen LogP) is 3.13. The molecule has 1 fully saturated rings. The minimum atomic E-state index is -0.849. The summed E-state index contributed by atoms with van der Waals surface area (Å²) in [5, 5.41) is 9.06. The molecule has 1 aliphatic carbocycles. The van der Waals surface area contributed by atoms with Crippen LogP contribution in [0.1, 0.15) is 29.6 Å². The van der Waals surface area contributed by atoms with Gasteiger partial charge in [-0.1, -0.05) is 34.5 Å². The van der Waals surface area contributed by atoms with E-state index in [1.807, 2.05) is 0 Å². The maximum absolute atomic E-state index is 12.2. The first-order valence-electron chi connectivity index (χ1n) is 5.62. The molecule has 0 heterocycles. The third-order valence-corrected chi connectivity index (χ3v) is 3.83. The van der Waals surface area contributed by atoms with E-state index in [9.17, 15) is 9.59 Å². The Balaban J connectivity index is 2.19. The lowest BCUT2D eigenvalue weighted by Crippen LogP contribution is -2.25. The number of carboxylic acid groups (broad SMARTS) is 1. The van der Waals surface area contributed by atoms with Gasteiger partial charge in [0.2, 0.25) is 0 Å². The number of carboxylic acids is 1. The Morgan fingerprint density at radius 1 is 1.12 bits per heavy atom. The number of aliphatic carboxylic acids is 1. The first kappa shape index (κ1) is 12.3. The van der Waals surface area contributed by atoms with Gasteiger partial charge in [-0.25, -0.2) is 0 Å². The summed E-state index contributed by atoms with van der Waals surface area (Å²) in [6.07, 6.45) is 2.12. The Kier molecular flexibility index (Phi) is 3.62. The standard InChI is InChI=1S/C13H13BrO3/c14-9-6-4-8(5-7-9)12(15)10-2-1-3-11(10)13(16)17/h4-7,10-11H,1-3H2,(H,16,17)/t10-,11-/m0/s1. The molecule has 2 atom stereocenters. The smallest absolute Gasteiger partial charge is 0.307 e. The zero-order valence-electron chi connectivity index (χ0n) is 9.23. The lowest BCUT2D eigenvalue weighted by Gasteiger charge is -2.14. The molecule has 0 unspecified atom stereocenters. The molecule has 0 saturated heterocycles. The molecule has 4 heteroatoms. The summed E-state index contributed by atoms with van der Waals surface area (Å²) in [4.78, 5) is 23.2. The van der Waals surface area contributed by atoms with Crippen molar-refractivity contribution in [2.24, 2.45) is 11.8 Å². The van der Waals surface area contributed by atoms with E-state index in [2.05, 4.69) is 15.9 Å². The van der Waals surface area contributed by atoms with Crippen LogP contribution in [0.3, 0.4) is 0 Å². The van der Waals surface area contributed by atoms with E-state index in [1.54, 1.807) is 24.3 Å². The summed E-state index contributed by atoms with van der Waals surface area (Å²) in [5.41, 5.74) is 0.603. The molecule has 1 aromatic carbocycles. The SMILES string of the molecule is O=C(O)[C@H]1CCC[C@@H]1C(=O)c1ccc(Br)cc1. The molecule has 3 nitrogen and oxygen atoms in total. The fourth-order valence-electron chi connectivity index (χ4n) is 2.40. The molecule has 1 saturated carbocycles. The van der Waals surface area contributed by atoms with E-state index >= 15 is 0 Å². The van der Waals surface area contributed by atoms with Gasteiger partial charge < -0.3 is 5.11 Å². The van der Waals surface area contributed by atoms with Gasteiger partial charge in [0, 0.05) is 16.0 Å². The highest BCUT2D eigenvalue weighted by atomic mass is 79.9. The van der Waals surface area contributed by atoms with Gasteiger partial charge in [-0.05, 0) is 25.0 Å². The van der Waals surface area contributed by atoms with Gasteiger partial charge in [0.05, 0.1) is 5.92 Å². The van der Waals surface area contributed by atoms with Crippen LogP contribution in [-0.2, 0) is 4.79 Å². The van der Waals surface area contributed by atoms with Crippen molar-refractivity contribution in [3.8, 4) is 0 Å². The van der Waals surface area contributed by atoms with Crippen molar-refractivity contribution < 1.29 is 14.7 Å². The number of carbonyl (C=O) groups is 2. The van der Waals surface area contributed by atoms with Gasteiger partial charge in [-0.15, -0.1) is 0 Å². The second kappa shape index (κ2) is 5.00.